The second-order valence-corrected chi connectivity index (χ2v) is 8.27. The molecule has 1 saturated carbocycles. The largest absolute Gasteiger partial charge is 0.348 e. The molecule has 1 spiro atoms. The predicted molar refractivity (Wildman–Crippen MR) is 78.5 cm³/mol. The zero-order valence-corrected chi connectivity index (χ0v) is 13.5. The van der Waals surface area contributed by atoms with Crippen LogP contribution < -0.4 is 0 Å². The van der Waals surface area contributed by atoms with Crippen molar-refractivity contribution in [2.24, 2.45) is 0 Å². The Morgan fingerprint density at radius 1 is 1.15 bits per heavy atom. The Balaban J connectivity index is 1.76. The minimum absolute atomic E-state index is 0.270. The summed E-state index contributed by atoms with van der Waals surface area (Å²) >= 11 is 0. The van der Waals surface area contributed by atoms with Gasteiger partial charge in [-0.25, -0.2) is 8.42 Å². The zero-order chi connectivity index (χ0) is 14.6. The quantitative estimate of drug-likeness (QED) is 0.743. The molecule has 0 aromatic rings. The van der Waals surface area contributed by atoms with Gasteiger partial charge < -0.3 is 14.4 Å². The molecule has 0 N–H and O–H groups in total. The third-order valence-corrected chi connectivity index (χ3v) is 6.26. The first kappa shape index (κ1) is 16.2. The van der Waals surface area contributed by atoms with Gasteiger partial charge in [0.15, 0.2) is 15.6 Å². The van der Waals surface area contributed by atoms with E-state index in [4.69, 9.17) is 9.47 Å². The summed E-state index contributed by atoms with van der Waals surface area (Å²) in [4.78, 5) is 2.19. The van der Waals surface area contributed by atoms with E-state index >= 15 is 0 Å². The van der Waals surface area contributed by atoms with Gasteiger partial charge in [0.05, 0.1) is 19.0 Å². The third kappa shape index (κ3) is 4.16. The Hall–Kier alpha value is -0.170. The molecule has 5 nitrogen and oxygen atoms in total. The van der Waals surface area contributed by atoms with Gasteiger partial charge in [-0.15, -0.1) is 0 Å². The molecule has 2 aliphatic rings. The average Bonchev–Trinajstić information content (AvgIpc) is 2.85. The average molecular weight is 305 g/mol. The number of nitrogens with zero attached hydrogens (tertiary/aromatic N) is 1. The maximum absolute atomic E-state index is 11.8. The second kappa shape index (κ2) is 6.73. The lowest BCUT2D eigenvalue weighted by molar-refractivity contribution is -0.183. The normalized spacial score (nSPS) is 23.8. The maximum Gasteiger partial charge on any atom is 0.168 e. The standard InChI is InChI=1S/C14H27NO4S/c1-3-11-20(16,17)12-8-15(2)13-4-6-14(7-5-13)18-9-10-19-14/h13H,3-12H2,1-2H3. The molecule has 1 saturated heterocycles. The number of sulfone groups is 1. The van der Waals surface area contributed by atoms with Crippen molar-refractivity contribution >= 4 is 9.84 Å². The highest BCUT2D eigenvalue weighted by molar-refractivity contribution is 7.91. The van der Waals surface area contributed by atoms with Gasteiger partial charge in [0.25, 0.3) is 0 Å². The van der Waals surface area contributed by atoms with Crippen LogP contribution in [0.4, 0.5) is 0 Å². The van der Waals surface area contributed by atoms with Crippen LogP contribution in [0.25, 0.3) is 0 Å². The van der Waals surface area contributed by atoms with Crippen LogP contribution in [0, 0.1) is 0 Å². The molecular weight excluding hydrogens is 278 g/mol. The van der Waals surface area contributed by atoms with Crippen molar-refractivity contribution in [3.63, 3.8) is 0 Å². The molecular formula is C14H27NO4S. The van der Waals surface area contributed by atoms with E-state index in [0.717, 1.165) is 25.7 Å². The van der Waals surface area contributed by atoms with E-state index in [9.17, 15) is 8.42 Å². The van der Waals surface area contributed by atoms with Gasteiger partial charge in [0.1, 0.15) is 0 Å². The minimum atomic E-state index is -2.88. The van der Waals surface area contributed by atoms with Crippen molar-refractivity contribution in [1.29, 1.82) is 0 Å². The Morgan fingerprint density at radius 3 is 2.30 bits per heavy atom. The Morgan fingerprint density at radius 2 is 1.75 bits per heavy atom. The SMILES string of the molecule is CCCS(=O)(=O)CCN(C)C1CCC2(CC1)OCCO2. The highest BCUT2D eigenvalue weighted by atomic mass is 32.2. The Kier molecular flexibility index (Phi) is 5.45. The third-order valence-electron chi connectivity index (χ3n) is 4.42. The molecule has 0 aromatic carbocycles. The van der Waals surface area contributed by atoms with Crippen LogP contribution in [0.3, 0.4) is 0 Å². The second-order valence-electron chi connectivity index (χ2n) is 5.97. The molecule has 1 aliphatic heterocycles. The molecule has 0 amide bonds. The van der Waals surface area contributed by atoms with E-state index in [-0.39, 0.29) is 11.5 Å². The van der Waals surface area contributed by atoms with Gasteiger partial charge in [0, 0.05) is 31.2 Å². The lowest BCUT2D eigenvalue weighted by atomic mass is 9.89. The van der Waals surface area contributed by atoms with Crippen LogP contribution in [-0.2, 0) is 19.3 Å². The molecule has 2 fully saturated rings. The smallest absolute Gasteiger partial charge is 0.168 e. The van der Waals surface area contributed by atoms with Crippen molar-refractivity contribution in [1.82, 2.24) is 4.90 Å². The molecule has 0 radical (unpaired) electrons. The van der Waals surface area contributed by atoms with Crippen molar-refractivity contribution in [2.75, 3.05) is 38.3 Å². The van der Waals surface area contributed by atoms with Gasteiger partial charge in [0.2, 0.25) is 0 Å². The van der Waals surface area contributed by atoms with Gasteiger partial charge in [-0.3, -0.25) is 0 Å². The van der Waals surface area contributed by atoms with E-state index in [1.165, 1.54) is 0 Å². The molecule has 1 heterocycles. The lowest BCUT2D eigenvalue weighted by Crippen LogP contribution is -2.44. The fraction of sp³-hybridized carbons (Fsp3) is 1.00. The van der Waals surface area contributed by atoms with Crippen molar-refractivity contribution in [3.8, 4) is 0 Å². The molecule has 0 aromatic heterocycles. The van der Waals surface area contributed by atoms with Crippen LogP contribution in [0.1, 0.15) is 39.0 Å². The summed E-state index contributed by atoms with van der Waals surface area (Å²) < 4.78 is 34.9. The summed E-state index contributed by atoms with van der Waals surface area (Å²) in [5.74, 6) is 0.244. The van der Waals surface area contributed by atoms with Gasteiger partial charge in [-0.1, -0.05) is 6.92 Å². The van der Waals surface area contributed by atoms with E-state index in [0.29, 0.717) is 38.0 Å². The molecule has 0 bridgehead atoms. The van der Waals surface area contributed by atoms with Gasteiger partial charge in [-0.05, 0) is 26.3 Å². The summed E-state index contributed by atoms with van der Waals surface area (Å²) in [7, 11) is -0.850. The summed E-state index contributed by atoms with van der Waals surface area (Å²) in [5.41, 5.74) is 0. The molecule has 20 heavy (non-hydrogen) atoms. The first-order chi connectivity index (χ1) is 9.46. The van der Waals surface area contributed by atoms with Crippen molar-refractivity contribution in [2.45, 2.75) is 50.9 Å². The summed E-state index contributed by atoms with van der Waals surface area (Å²) in [6, 6.07) is 0.449. The van der Waals surface area contributed by atoms with E-state index in [1.807, 2.05) is 14.0 Å². The Labute approximate surface area is 122 Å². The first-order valence-corrected chi connectivity index (χ1v) is 9.47. The summed E-state index contributed by atoms with van der Waals surface area (Å²) in [6.45, 7) is 3.94. The van der Waals surface area contributed by atoms with Crippen LogP contribution in [0.5, 0.6) is 0 Å². The van der Waals surface area contributed by atoms with Crippen molar-refractivity contribution < 1.29 is 17.9 Å². The highest BCUT2D eigenvalue weighted by Crippen LogP contribution is 2.36. The fourth-order valence-electron chi connectivity index (χ4n) is 3.15. The number of hydrogen-bond donors (Lipinski definition) is 0. The monoisotopic (exact) mass is 305 g/mol. The minimum Gasteiger partial charge on any atom is -0.348 e. The van der Waals surface area contributed by atoms with Crippen LogP contribution in [-0.4, -0.2) is 63.5 Å². The van der Waals surface area contributed by atoms with Gasteiger partial charge in [-0.2, -0.15) is 0 Å². The molecule has 1 aliphatic carbocycles. The van der Waals surface area contributed by atoms with E-state index in [1.54, 1.807) is 0 Å². The molecule has 0 unspecified atom stereocenters. The van der Waals surface area contributed by atoms with Crippen LogP contribution in [0.2, 0.25) is 0 Å². The number of hydrogen-bond acceptors (Lipinski definition) is 5. The summed E-state index contributed by atoms with van der Waals surface area (Å²) in [5, 5.41) is 0. The van der Waals surface area contributed by atoms with Crippen LogP contribution >= 0.6 is 0 Å². The Bertz CT molecular complexity index is 393. The van der Waals surface area contributed by atoms with E-state index < -0.39 is 9.84 Å². The van der Waals surface area contributed by atoms with Crippen molar-refractivity contribution in [3.05, 3.63) is 0 Å². The lowest BCUT2D eigenvalue weighted by Gasteiger charge is -2.39. The highest BCUT2D eigenvalue weighted by Gasteiger charge is 2.41. The zero-order valence-electron chi connectivity index (χ0n) is 12.6. The first-order valence-electron chi connectivity index (χ1n) is 7.65. The molecule has 6 heteroatoms. The van der Waals surface area contributed by atoms with E-state index in [2.05, 4.69) is 4.90 Å². The topological polar surface area (TPSA) is 55.8 Å². The maximum atomic E-state index is 11.8. The number of ether oxygens (including phenoxy) is 2. The van der Waals surface area contributed by atoms with Gasteiger partial charge >= 0.3 is 0 Å². The molecule has 0 atom stereocenters. The summed E-state index contributed by atoms with van der Waals surface area (Å²) in [6.07, 6.45) is 4.58. The predicted octanol–water partition coefficient (Wildman–Crippen LogP) is 1.43. The molecule has 118 valence electrons. The molecule has 2 rings (SSSR count). The van der Waals surface area contributed by atoms with Crippen LogP contribution in [0.15, 0.2) is 0 Å². The fourth-order valence-corrected chi connectivity index (χ4v) is 4.54. The number of rotatable bonds is 6.